The van der Waals surface area contributed by atoms with Crippen molar-refractivity contribution in [1.29, 1.82) is 0 Å². The topological polar surface area (TPSA) is 54.3 Å². The van der Waals surface area contributed by atoms with Crippen LogP contribution in [0.2, 0.25) is 0 Å². The van der Waals surface area contributed by atoms with Crippen molar-refractivity contribution in [2.75, 3.05) is 13.1 Å². The molecule has 1 aliphatic carbocycles. The summed E-state index contributed by atoms with van der Waals surface area (Å²) in [6.45, 7) is 5.67. The number of amides is 2. The molecule has 2 heterocycles. The number of rotatable bonds is 2. The van der Waals surface area contributed by atoms with Crippen molar-refractivity contribution in [2.24, 2.45) is 5.92 Å². The standard InChI is InChI=1S/C24H31N3O2/c1-17-9-10-18(2)27(17)20-13-11-19(12-14-20)24(29)26-16-5-3-4-15-25-23(28)21-7-6-8-22(21)26/h9-14,21-22H,3-8,15-16H2,1-2H3,(H,25,28)/t21-,22+/m1/s1. The van der Waals surface area contributed by atoms with Crippen LogP contribution in [-0.4, -0.2) is 40.4 Å². The minimum atomic E-state index is -0.0681. The highest BCUT2D eigenvalue weighted by molar-refractivity contribution is 5.95. The predicted molar refractivity (Wildman–Crippen MR) is 114 cm³/mol. The molecule has 1 aromatic carbocycles. The fraction of sp³-hybridized carbons (Fsp3) is 0.500. The van der Waals surface area contributed by atoms with Crippen LogP contribution in [0.15, 0.2) is 36.4 Å². The first-order valence-electron chi connectivity index (χ1n) is 10.9. The van der Waals surface area contributed by atoms with E-state index in [1.54, 1.807) is 0 Å². The van der Waals surface area contributed by atoms with Crippen molar-refractivity contribution in [3.63, 3.8) is 0 Å². The van der Waals surface area contributed by atoms with Crippen LogP contribution in [0, 0.1) is 19.8 Å². The van der Waals surface area contributed by atoms with Gasteiger partial charge in [0, 0.05) is 41.8 Å². The maximum Gasteiger partial charge on any atom is 0.254 e. The molecule has 1 N–H and O–H groups in total. The van der Waals surface area contributed by atoms with E-state index in [1.165, 1.54) is 11.4 Å². The smallest absolute Gasteiger partial charge is 0.254 e. The second-order valence-electron chi connectivity index (χ2n) is 8.45. The Morgan fingerprint density at radius 3 is 2.38 bits per heavy atom. The van der Waals surface area contributed by atoms with Gasteiger partial charge in [-0.3, -0.25) is 9.59 Å². The van der Waals surface area contributed by atoms with Crippen LogP contribution in [0.5, 0.6) is 0 Å². The molecule has 1 saturated heterocycles. The van der Waals surface area contributed by atoms with Crippen LogP contribution in [0.25, 0.3) is 5.69 Å². The Balaban J connectivity index is 1.58. The number of nitrogens with zero attached hydrogens (tertiary/aromatic N) is 2. The maximum absolute atomic E-state index is 13.4. The summed E-state index contributed by atoms with van der Waals surface area (Å²) in [4.78, 5) is 28.0. The predicted octanol–water partition coefficient (Wildman–Crippen LogP) is 4.01. The third kappa shape index (κ3) is 3.96. The molecule has 154 valence electrons. The van der Waals surface area contributed by atoms with E-state index < -0.39 is 0 Å². The minimum Gasteiger partial charge on any atom is -0.356 e. The zero-order chi connectivity index (χ0) is 20.4. The Kier molecular flexibility index (Phi) is 5.74. The van der Waals surface area contributed by atoms with Crippen LogP contribution in [0.4, 0.5) is 0 Å². The molecule has 1 saturated carbocycles. The van der Waals surface area contributed by atoms with Crippen LogP contribution in [-0.2, 0) is 4.79 Å². The second-order valence-corrected chi connectivity index (χ2v) is 8.45. The average Bonchev–Trinajstić information content (AvgIpc) is 3.34. The first kappa shape index (κ1) is 19.7. The lowest BCUT2D eigenvalue weighted by molar-refractivity contribution is -0.126. The van der Waals surface area contributed by atoms with E-state index in [9.17, 15) is 9.59 Å². The number of fused-ring (bicyclic) bond motifs is 1. The fourth-order valence-corrected chi connectivity index (χ4v) is 4.96. The van der Waals surface area contributed by atoms with E-state index in [0.29, 0.717) is 5.56 Å². The molecule has 0 spiro atoms. The van der Waals surface area contributed by atoms with Crippen LogP contribution < -0.4 is 5.32 Å². The zero-order valence-corrected chi connectivity index (χ0v) is 17.5. The van der Waals surface area contributed by atoms with Gasteiger partial charge < -0.3 is 14.8 Å². The van der Waals surface area contributed by atoms with Gasteiger partial charge in [0.1, 0.15) is 0 Å². The second kappa shape index (κ2) is 8.44. The molecule has 2 aliphatic rings. The van der Waals surface area contributed by atoms with Crippen molar-refractivity contribution < 1.29 is 9.59 Å². The first-order chi connectivity index (χ1) is 14.1. The highest BCUT2D eigenvalue weighted by Gasteiger charge is 2.39. The Bertz CT molecular complexity index is 865. The van der Waals surface area contributed by atoms with E-state index in [0.717, 1.165) is 57.3 Å². The molecule has 4 rings (SSSR count). The van der Waals surface area contributed by atoms with E-state index in [-0.39, 0.29) is 23.8 Å². The van der Waals surface area contributed by atoms with Gasteiger partial charge in [0.05, 0.1) is 5.92 Å². The summed E-state index contributed by atoms with van der Waals surface area (Å²) in [6.07, 6.45) is 5.82. The van der Waals surface area contributed by atoms with E-state index >= 15 is 0 Å². The van der Waals surface area contributed by atoms with E-state index in [2.05, 4.69) is 35.9 Å². The summed E-state index contributed by atoms with van der Waals surface area (Å²) in [5, 5.41) is 3.08. The summed E-state index contributed by atoms with van der Waals surface area (Å²) in [5.41, 5.74) is 4.13. The zero-order valence-electron chi connectivity index (χ0n) is 17.5. The fourth-order valence-electron chi connectivity index (χ4n) is 4.96. The highest BCUT2D eigenvalue weighted by atomic mass is 16.2. The average molecular weight is 394 g/mol. The Hall–Kier alpha value is -2.56. The third-order valence-electron chi connectivity index (χ3n) is 6.50. The lowest BCUT2D eigenvalue weighted by Crippen LogP contribution is -2.48. The number of benzene rings is 1. The molecule has 1 aliphatic heterocycles. The first-order valence-corrected chi connectivity index (χ1v) is 10.9. The summed E-state index contributed by atoms with van der Waals surface area (Å²) in [6, 6.07) is 12.1. The Labute approximate surface area is 173 Å². The number of nitrogens with one attached hydrogen (secondary N) is 1. The van der Waals surface area contributed by atoms with Gasteiger partial charge >= 0.3 is 0 Å². The molecule has 0 bridgehead atoms. The molecule has 2 atom stereocenters. The van der Waals surface area contributed by atoms with Gasteiger partial charge in [-0.1, -0.05) is 6.42 Å². The van der Waals surface area contributed by atoms with Gasteiger partial charge in [-0.15, -0.1) is 0 Å². The monoisotopic (exact) mass is 393 g/mol. The molecule has 5 heteroatoms. The van der Waals surface area contributed by atoms with Crippen molar-refractivity contribution in [3.8, 4) is 5.69 Å². The summed E-state index contributed by atoms with van der Waals surface area (Å²) in [5.74, 6) is 0.116. The molecule has 5 nitrogen and oxygen atoms in total. The molecule has 0 unspecified atom stereocenters. The number of hydrogen-bond acceptors (Lipinski definition) is 2. The van der Waals surface area contributed by atoms with Crippen molar-refractivity contribution in [2.45, 2.75) is 58.4 Å². The van der Waals surface area contributed by atoms with Gasteiger partial charge in [0.2, 0.25) is 5.91 Å². The summed E-state index contributed by atoms with van der Waals surface area (Å²) >= 11 is 0. The summed E-state index contributed by atoms with van der Waals surface area (Å²) < 4.78 is 2.19. The van der Waals surface area contributed by atoms with Crippen LogP contribution in [0.3, 0.4) is 0 Å². The highest BCUT2D eigenvalue weighted by Crippen LogP contribution is 2.32. The lowest BCUT2D eigenvalue weighted by Gasteiger charge is -2.33. The van der Waals surface area contributed by atoms with Crippen molar-refractivity contribution in [1.82, 2.24) is 14.8 Å². The third-order valence-corrected chi connectivity index (χ3v) is 6.50. The normalized spacial score (nSPS) is 22.8. The quantitative estimate of drug-likeness (QED) is 0.838. The number of aromatic nitrogens is 1. The Morgan fingerprint density at radius 1 is 0.931 bits per heavy atom. The van der Waals surface area contributed by atoms with Gasteiger partial charge in [-0.05, 0) is 82.3 Å². The van der Waals surface area contributed by atoms with Crippen molar-refractivity contribution >= 4 is 11.8 Å². The van der Waals surface area contributed by atoms with Crippen LogP contribution >= 0.6 is 0 Å². The molecule has 2 amide bonds. The number of carbonyl (C=O) groups is 2. The Morgan fingerprint density at radius 2 is 1.66 bits per heavy atom. The lowest BCUT2D eigenvalue weighted by atomic mass is 9.98. The molecule has 2 aromatic rings. The molecule has 2 fully saturated rings. The van der Waals surface area contributed by atoms with Crippen molar-refractivity contribution in [3.05, 3.63) is 53.3 Å². The van der Waals surface area contributed by atoms with Gasteiger partial charge in [-0.2, -0.15) is 0 Å². The molecule has 29 heavy (non-hydrogen) atoms. The molecular weight excluding hydrogens is 362 g/mol. The van der Waals surface area contributed by atoms with Gasteiger partial charge in [-0.25, -0.2) is 0 Å². The SMILES string of the molecule is Cc1ccc(C)n1-c1ccc(C(=O)N2CCCCCNC(=O)[C@@H]3CCC[C@@H]32)cc1. The molecule has 0 radical (unpaired) electrons. The summed E-state index contributed by atoms with van der Waals surface area (Å²) in [7, 11) is 0. The molecule has 1 aromatic heterocycles. The van der Waals surface area contributed by atoms with Gasteiger partial charge in [0.25, 0.3) is 5.91 Å². The van der Waals surface area contributed by atoms with E-state index in [1.807, 2.05) is 29.2 Å². The maximum atomic E-state index is 13.4. The number of carbonyl (C=O) groups excluding carboxylic acids is 2. The van der Waals surface area contributed by atoms with Gasteiger partial charge in [0.15, 0.2) is 0 Å². The number of hydrogen-bond donors (Lipinski definition) is 1. The van der Waals surface area contributed by atoms with E-state index in [4.69, 9.17) is 0 Å². The number of aryl methyl sites for hydroxylation is 2. The van der Waals surface area contributed by atoms with Crippen LogP contribution in [0.1, 0.15) is 60.3 Å². The largest absolute Gasteiger partial charge is 0.356 e. The molecular formula is C24H31N3O2. The minimum absolute atomic E-state index is 0.0224.